The largest absolute Gasteiger partial charge is 0.379 e. The van der Waals surface area contributed by atoms with E-state index in [1.165, 1.54) is 6.92 Å². The average Bonchev–Trinajstić information content (AvgIpc) is 2.89. The molecule has 2 heterocycles. The second kappa shape index (κ2) is 8.45. The quantitative estimate of drug-likeness (QED) is 0.856. The minimum absolute atomic E-state index is 0.0274. The number of carbonyl (C=O) groups is 2. The maximum absolute atomic E-state index is 12.5. The molecule has 0 aliphatic carbocycles. The van der Waals surface area contributed by atoms with Gasteiger partial charge in [-0.2, -0.15) is 0 Å². The number of ketones is 1. The van der Waals surface area contributed by atoms with Crippen LogP contribution in [0.4, 0.5) is 10.5 Å². The number of amides is 2. The van der Waals surface area contributed by atoms with E-state index in [1.807, 2.05) is 4.90 Å². The first-order valence-corrected chi connectivity index (χ1v) is 9.12. The summed E-state index contributed by atoms with van der Waals surface area (Å²) in [6, 6.07) is 7.55. The van der Waals surface area contributed by atoms with Gasteiger partial charge in [0.15, 0.2) is 5.78 Å². The number of Topliss-reactive ketones (excluding diaryl/α,β-unsaturated/α-hetero) is 1. The van der Waals surface area contributed by atoms with Gasteiger partial charge in [0.2, 0.25) is 0 Å². The Morgan fingerprint density at radius 1 is 1.04 bits per heavy atom. The van der Waals surface area contributed by atoms with Gasteiger partial charge in [-0.05, 0) is 50.5 Å². The molecular weight excluding hydrogens is 318 g/mol. The number of urea groups is 1. The highest BCUT2D eigenvalue weighted by Gasteiger charge is 2.25. The number of hydrogen-bond acceptors (Lipinski definition) is 4. The van der Waals surface area contributed by atoms with Gasteiger partial charge in [0, 0.05) is 43.5 Å². The maximum Gasteiger partial charge on any atom is 0.321 e. The van der Waals surface area contributed by atoms with Crippen molar-refractivity contribution in [3.05, 3.63) is 29.8 Å². The van der Waals surface area contributed by atoms with Crippen molar-refractivity contribution in [2.75, 3.05) is 44.7 Å². The van der Waals surface area contributed by atoms with Gasteiger partial charge < -0.3 is 15.0 Å². The number of hydrogen-bond donors (Lipinski definition) is 1. The molecule has 2 fully saturated rings. The van der Waals surface area contributed by atoms with Crippen LogP contribution in [-0.2, 0) is 4.74 Å². The Morgan fingerprint density at radius 2 is 1.76 bits per heavy atom. The van der Waals surface area contributed by atoms with Crippen molar-refractivity contribution in [3.8, 4) is 0 Å². The molecule has 0 saturated carbocycles. The van der Waals surface area contributed by atoms with Crippen LogP contribution in [0.5, 0.6) is 0 Å². The fourth-order valence-corrected chi connectivity index (χ4v) is 3.58. The minimum Gasteiger partial charge on any atom is -0.379 e. The molecule has 1 N–H and O–H groups in total. The third kappa shape index (κ3) is 4.80. The van der Waals surface area contributed by atoms with E-state index in [9.17, 15) is 9.59 Å². The van der Waals surface area contributed by atoms with Crippen molar-refractivity contribution in [2.24, 2.45) is 0 Å². The Balaban J connectivity index is 1.52. The number of nitrogens with zero attached hydrogens (tertiary/aromatic N) is 2. The first-order chi connectivity index (χ1) is 12.1. The number of benzene rings is 1. The molecule has 3 rings (SSSR count). The molecule has 6 heteroatoms. The molecule has 1 aromatic rings. The molecule has 2 amide bonds. The lowest BCUT2D eigenvalue weighted by Gasteiger charge is -2.34. The van der Waals surface area contributed by atoms with Crippen LogP contribution in [0, 0.1) is 0 Å². The lowest BCUT2D eigenvalue weighted by molar-refractivity contribution is 0.0137. The van der Waals surface area contributed by atoms with Crippen molar-refractivity contribution >= 4 is 17.5 Å². The fourth-order valence-electron chi connectivity index (χ4n) is 3.58. The van der Waals surface area contributed by atoms with E-state index in [1.54, 1.807) is 24.3 Å². The van der Waals surface area contributed by atoms with Gasteiger partial charge in [-0.3, -0.25) is 9.69 Å². The smallest absolute Gasteiger partial charge is 0.321 e. The summed E-state index contributed by atoms with van der Waals surface area (Å²) in [5.74, 6) is 0.0274. The van der Waals surface area contributed by atoms with E-state index in [0.29, 0.717) is 11.6 Å². The molecule has 0 bridgehead atoms. The van der Waals surface area contributed by atoms with E-state index >= 15 is 0 Å². The van der Waals surface area contributed by atoms with Crippen molar-refractivity contribution in [2.45, 2.75) is 32.2 Å². The zero-order valence-corrected chi connectivity index (χ0v) is 14.9. The number of rotatable bonds is 3. The topological polar surface area (TPSA) is 61.9 Å². The first kappa shape index (κ1) is 17.9. The van der Waals surface area contributed by atoms with E-state index in [0.717, 1.165) is 64.3 Å². The highest BCUT2D eigenvalue weighted by atomic mass is 16.5. The molecule has 136 valence electrons. The summed E-state index contributed by atoms with van der Waals surface area (Å²) in [6.45, 7) is 6.74. The van der Waals surface area contributed by atoms with Crippen LogP contribution in [0.25, 0.3) is 0 Å². The first-order valence-electron chi connectivity index (χ1n) is 9.12. The molecule has 25 heavy (non-hydrogen) atoms. The number of morpholine rings is 1. The predicted molar refractivity (Wildman–Crippen MR) is 97.1 cm³/mol. The number of anilines is 1. The molecule has 1 unspecified atom stereocenters. The monoisotopic (exact) mass is 345 g/mol. The van der Waals surface area contributed by atoms with Crippen LogP contribution < -0.4 is 5.32 Å². The SMILES string of the molecule is CC(=O)c1ccc(NC(=O)N2CCCC(N3CCOCC3)CC2)cc1. The van der Waals surface area contributed by atoms with Crippen LogP contribution in [0.1, 0.15) is 36.5 Å². The molecule has 2 aliphatic heterocycles. The molecular formula is C19H27N3O3. The zero-order chi connectivity index (χ0) is 17.6. The molecule has 6 nitrogen and oxygen atoms in total. The Hall–Kier alpha value is -1.92. The van der Waals surface area contributed by atoms with Crippen molar-refractivity contribution < 1.29 is 14.3 Å². The van der Waals surface area contributed by atoms with Crippen LogP contribution in [0.2, 0.25) is 0 Å². The Morgan fingerprint density at radius 3 is 2.44 bits per heavy atom. The average molecular weight is 345 g/mol. The molecule has 0 spiro atoms. The summed E-state index contributed by atoms with van der Waals surface area (Å²) >= 11 is 0. The van der Waals surface area contributed by atoms with E-state index in [4.69, 9.17) is 4.74 Å². The normalized spacial score (nSPS) is 22.3. The van der Waals surface area contributed by atoms with Gasteiger partial charge in [-0.1, -0.05) is 0 Å². The Bertz CT molecular complexity index is 596. The van der Waals surface area contributed by atoms with E-state index in [-0.39, 0.29) is 11.8 Å². The number of likely N-dealkylation sites (tertiary alicyclic amines) is 1. The van der Waals surface area contributed by atoms with Crippen LogP contribution in [0.3, 0.4) is 0 Å². The highest BCUT2D eigenvalue weighted by Crippen LogP contribution is 2.19. The van der Waals surface area contributed by atoms with Crippen molar-refractivity contribution in [3.63, 3.8) is 0 Å². The van der Waals surface area contributed by atoms with Crippen LogP contribution in [0.15, 0.2) is 24.3 Å². The predicted octanol–water partition coefficient (Wildman–Crippen LogP) is 2.61. The third-order valence-electron chi connectivity index (χ3n) is 5.09. The second-order valence-corrected chi connectivity index (χ2v) is 6.78. The molecule has 1 atom stereocenters. The lowest BCUT2D eigenvalue weighted by Crippen LogP contribution is -2.44. The molecule has 2 aliphatic rings. The summed E-state index contributed by atoms with van der Waals surface area (Å²) in [5, 5.41) is 2.94. The summed E-state index contributed by atoms with van der Waals surface area (Å²) in [6.07, 6.45) is 3.17. The Kier molecular flexibility index (Phi) is 6.04. The van der Waals surface area contributed by atoms with E-state index in [2.05, 4.69) is 10.2 Å². The molecule has 1 aromatic carbocycles. The molecule has 2 saturated heterocycles. The lowest BCUT2D eigenvalue weighted by atomic mass is 10.1. The van der Waals surface area contributed by atoms with Crippen LogP contribution >= 0.6 is 0 Å². The molecule has 0 aromatic heterocycles. The summed E-state index contributed by atoms with van der Waals surface area (Å²) in [7, 11) is 0. The van der Waals surface area contributed by atoms with Gasteiger partial charge in [-0.15, -0.1) is 0 Å². The van der Waals surface area contributed by atoms with Crippen LogP contribution in [-0.4, -0.2) is 67.0 Å². The van der Waals surface area contributed by atoms with Crippen molar-refractivity contribution in [1.82, 2.24) is 9.80 Å². The fraction of sp³-hybridized carbons (Fsp3) is 0.579. The zero-order valence-electron chi connectivity index (χ0n) is 14.9. The van der Waals surface area contributed by atoms with Gasteiger partial charge in [0.1, 0.15) is 0 Å². The third-order valence-corrected chi connectivity index (χ3v) is 5.09. The highest BCUT2D eigenvalue weighted by molar-refractivity contribution is 5.95. The molecule has 0 radical (unpaired) electrons. The number of carbonyl (C=O) groups excluding carboxylic acids is 2. The maximum atomic E-state index is 12.5. The van der Waals surface area contributed by atoms with Gasteiger partial charge in [0.05, 0.1) is 13.2 Å². The minimum atomic E-state index is -0.0572. The van der Waals surface area contributed by atoms with Crippen molar-refractivity contribution in [1.29, 1.82) is 0 Å². The summed E-state index contributed by atoms with van der Waals surface area (Å²) in [5.41, 5.74) is 1.38. The van der Waals surface area contributed by atoms with Gasteiger partial charge in [0.25, 0.3) is 0 Å². The standard InChI is InChI=1S/C19H27N3O3/c1-15(23)16-4-6-17(7-5-16)20-19(24)22-9-2-3-18(8-10-22)21-11-13-25-14-12-21/h4-7,18H,2-3,8-14H2,1H3,(H,20,24). The second-order valence-electron chi connectivity index (χ2n) is 6.78. The van der Waals surface area contributed by atoms with Gasteiger partial charge >= 0.3 is 6.03 Å². The number of nitrogens with one attached hydrogen (secondary N) is 1. The summed E-state index contributed by atoms with van der Waals surface area (Å²) < 4.78 is 5.43. The number of ether oxygens (including phenoxy) is 1. The van der Waals surface area contributed by atoms with E-state index < -0.39 is 0 Å². The van der Waals surface area contributed by atoms with Gasteiger partial charge in [-0.25, -0.2) is 4.79 Å². The Labute approximate surface area is 149 Å². The summed E-state index contributed by atoms with van der Waals surface area (Å²) in [4.78, 5) is 28.3.